The summed E-state index contributed by atoms with van der Waals surface area (Å²) >= 11 is 0. The number of hydrogen-bond acceptors (Lipinski definition) is 5. The molecule has 1 aromatic rings. The average Bonchev–Trinajstić information content (AvgIpc) is 2.28. The van der Waals surface area contributed by atoms with Gasteiger partial charge in [0.15, 0.2) is 18.3 Å². The van der Waals surface area contributed by atoms with Gasteiger partial charge in [-0.15, -0.1) is 0 Å². The summed E-state index contributed by atoms with van der Waals surface area (Å²) in [5.74, 6) is -1.91. The van der Waals surface area contributed by atoms with Crippen molar-refractivity contribution in [2.24, 2.45) is 0 Å². The van der Waals surface area contributed by atoms with Crippen molar-refractivity contribution in [3.63, 3.8) is 0 Å². The Morgan fingerprint density at radius 3 is 2.18 bits per heavy atom. The molecule has 1 aromatic heterocycles. The van der Waals surface area contributed by atoms with Crippen molar-refractivity contribution in [2.45, 2.75) is 0 Å². The number of carbonyl (C=O) groups is 2. The van der Waals surface area contributed by atoms with Gasteiger partial charge >= 0.3 is 5.95 Å². The van der Waals surface area contributed by atoms with Crippen LogP contribution in [0, 0.1) is 0 Å². The smallest absolute Gasteiger partial charge is 0.327 e. The van der Waals surface area contributed by atoms with Gasteiger partial charge in [-0.25, -0.2) is 0 Å². The lowest BCUT2D eigenvalue weighted by atomic mass is 10.3. The predicted molar refractivity (Wildman–Crippen MR) is 32.8 cm³/mol. The van der Waals surface area contributed by atoms with Crippen LogP contribution in [0.4, 0.5) is 0 Å². The SMILES string of the molecule is O=Cc1oc(O)c(O)c1C=O. The lowest BCUT2D eigenvalue weighted by molar-refractivity contribution is 0.107. The van der Waals surface area contributed by atoms with E-state index in [0.717, 1.165) is 0 Å². The van der Waals surface area contributed by atoms with Crippen LogP contribution in [0.25, 0.3) is 0 Å². The van der Waals surface area contributed by atoms with E-state index in [2.05, 4.69) is 4.42 Å². The Morgan fingerprint density at radius 2 is 1.82 bits per heavy atom. The van der Waals surface area contributed by atoms with E-state index in [4.69, 9.17) is 10.2 Å². The number of carbonyl (C=O) groups excluding carboxylic acids is 2. The zero-order chi connectivity index (χ0) is 8.43. The van der Waals surface area contributed by atoms with E-state index < -0.39 is 11.7 Å². The molecule has 0 aromatic carbocycles. The molecule has 11 heavy (non-hydrogen) atoms. The maximum Gasteiger partial charge on any atom is 0.327 e. The highest BCUT2D eigenvalue weighted by Crippen LogP contribution is 2.32. The second kappa shape index (κ2) is 2.45. The van der Waals surface area contributed by atoms with Crippen LogP contribution in [0.2, 0.25) is 0 Å². The van der Waals surface area contributed by atoms with Crippen LogP contribution >= 0.6 is 0 Å². The number of furan rings is 1. The maximum atomic E-state index is 10.1. The fourth-order valence-electron chi connectivity index (χ4n) is 0.641. The van der Waals surface area contributed by atoms with E-state index in [0.29, 0.717) is 0 Å². The van der Waals surface area contributed by atoms with E-state index in [1.54, 1.807) is 0 Å². The summed E-state index contributed by atoms with van der Waals surface area (Å²) in [4.78, 5) is 20.2. The highest BCUT2D eigenvalue weighted by Gasteiger charge is 2.17. The quantitative estimate of drug-likeness (QED) is 0.602. The first-order valence-corrected chi connectivity index (χ1v) is 2.65. The summed E-state index contributed by atoms with van der Waals surface area (Å²) in [6.45, 7) is 0. The van der Waals surface area contributed by atoms with Crippen molar-refractivity contribution in [2.75, 3.05) is 0 Å². The minimum atomic E-state index is -0.825. The summed E-state index contributed by atoms with van der Waals surface area (Å²) < 4.78 is 4.29. The molecule has 0 unspecified atom stereocenters. The normalized spacial score (nSPS) is 9.45. The highest BCUT2D eigenvalue weighted by molar-refractivity contribution is 5.91. The van der Waals surface area contributed by atoms with Crippen molar-refractivity contribution < 1.29 is 24.2 Å². The Morgan fingerprint density at radius 1 is 1.18 bits per heavy atom. The standard InChI is InChI=1S/C6H4O5/c7-1-3-4(2-8)11-6(10)5(3)9/h1-2,9-10H. The molecule has 1 rings (SSSR count). The van der Waals surface area contributed by atoms with E-state index >= 15 is 0 Å². The van der Waals surface area contributed by atoms with Crippen LogP contribution in [-0.2, 0) is 0 Å². The minimum absolute atomic E-state index is 0.224. The highest BCUT2D eigenvalue weighted by atomic mass is 16.5. The first-order chi connectivity index (χ1) is 5.20. The molecular weight excluding hydrogens is 152 g/mol. The number of aromatic hydroxyl groups is 2. The Labute approximate surface area is 60.9 Å². The summed E-state index contributed by atoms with van der Waals surface area (Å²) in [6, 6.07) is 0. The van der Waals surface area contributed by atoms with Crippen molar-refractivity contribution in [3.05, 3.63) is 11.3 Å². The van der Waals surface area contributed by atoms with Gasteiger partial charge in [-0.3, -0.25) is 9.59 Å². The third-order valence-electron chi connectivity index (χ3n) is 1.15. The topological polar surface area (TPSA) is 87.7 Å². The lowest BCUT2D eigenvalue weighted by Crippen LogP contribution is -1.82. The van der Waals surface area contributed by atoms with Gasteiger partial charge in [0.05, 0.1) is 0 Å². The molecule has 0 amide bonds. The van der Waals surface area contributed by atoms with Crippen LogP contribution in [0.3, 0.4) is 0 Å². The van der Waals surface area contributed by atoms with Crippen LogP contribution in [0.1, 0.15) is 20.9 Å². The molecule has 0 saturated heterocycles. The first kappa shape index (κ1) is 7.33. The van der Waals surface area contributed by atoms with Crippen molar-refractivity contribution in [3.8, 4) is 11.7 Å². The van der Waals surface area contributed by atoms with Gasteiger partial charge in [-0.1, -0.05) is 0 Å². The second-order valence-corrected chi connectivity index (χ2v) is 1.77. The second-order valence-electron chi connectivity index (χ2n) is 1.77. The van der Waals surface area contributed by atoms with Crippen LogP contribution in [0.5, 0.6) is 11.7 Å². The van der Waals surface area contributed by atoms with Crippen molar-refractivity contribution >= 4 is 12.6 Å². The molecule has 1 heterocycles. The monoisotopic (exact) mass is 156 g/mol. The summed E-state index contributed by atoms with van der Waals surface area (Å²) in [5, 5.41) is 17.5. The molecule has 5 heteroatoms. The zero-order valence-electron chi connectivity index (χ0n) is 5.27. The zero-order valence-corrected chi connectivity index (χ0v) is 5.27. The Balaban J connectivity index is 3.37. The fourth-order valence-corrected chi connectivity index (χ4v) is 0.641. The lowest BCUT2D eigenvalue weighted by Gasteiger charge is -1.82. The molecule has 0 aliphatic heterocycles. The van der Waals surface area contributed by atoms with Crippen molar-refractivity contribution in [1.29, 1.82) is 0 Å². The minimum Gasteiger partial charge on any atom is -0.501 e. The van der Waals surface area contributed by atoms with Crippen molar-refractivity contribution in [1.82, 2.24) is 0 Å². The van der Waals surface area contributed by atoms with E-state index in [1.807, 2.05) is 0 Å². The molecule has 58 valence electrons. The summed E-state index contributed by atoms with van der Waals surface area (Å²) in [7, 11) is 0. The molecule has 0 aliphatic carbocycles. The summed E-state index contributed by atoms with van der Waals surface area (Å²) in [5.41, 5.74) is -0.336. The molecule has 0 spiro atoms. The van der Waals surface area contributed by atoms with E-state index in [9.17, 15) is 9.59 Å². The van der Waals surface area contributed by atoms with Crippen LogP contribution < -0.4 is 0 Å². The third kappa shape index (κ3) is 0.958. The Kier molecular flexibility index (Phi) is 1.63. The fraction of sp³-hybridized carbons (Fsp3) is 0. The van der Waals surface area contributed by atoms with Gasteiger partial charge < -0.3 is 14.6 Å². The number of hydrogen-bond donors (Lipinski definition) is 2. The Hall–Kier alpha value is -1.78. The van der Waals surface area contributed by atoms with Crippen LogP contribution in [0.15, 0.2) is 4.42 Å². The molecular formula is C6H4O5. The van der Waals surface area contributed by atoms with Gasteiger partial charge in [0.1, 0.15) is 5.56 Å². The average molecular weight is 156 g/mol. The molecule has 0 aliphatic rings. The van der Waals surface area contributed by atoms with Gasteiger partial charge in [0.2, 0.25) is 5.75 Å². The Bertz CT molecular complexity index is 298. The third-order valence-corrected chi connectivity index (χ3v) is 1.15. The maximum absolute atomic E-state index is 10.1. The van der Waals surface area contributed by atoms with Gasteiger partial charge in [0, 0.05) is 0 Å². The van der Waals surface area contributed by atoms with Gasteiger partial charge in [-0.2, -0.15) is 0 Å². The van der Waals surface area contributed by atoms with Gasteiger partial charge in [-0.05, 0) is 0 Å². The molecule has 0 fully saturated rings. The van der Waals surface area contributed by atoms with E-state index in [-0.39, 0.29) is 23.9 Å². The van der Waals surface area contributed by atoms with Gasteiger partial charge in [0.25, 0.3) is 0 Å². The largest absolute Gasteiger partial charge is 0.501 e. The molecule has 0 saturated carbocycles. The number of rotatable bonds is 2. The molecule has 0 radical (unpaired) electrons. The predicted octanol–water partition coefficient (Wildman–Crippen LogP) is 0.316. The van der Waals surface area contributed by atoms with E-state index in [1.165, 1.54) is 0 Å². The molecule has 5 nitrogen and oxygen atoms in total. The summed E-state index contributed by atoms with van der Waals surface area (Å²) in [6.07, 6.45) is 0.450. The first-order valence-electron chi connectivity index (χ1n) is 2.65. The molecule has 2 N–H and O–H groups in total. The van der Waals surface area contributed by atoms with Crippen LogP contribution in [-0.4, -0.2) is 22.8 Å². The molecule has 0 bridgehead atoms. The number of aldehydes is 2. The molecule has 0 atom stereocenters.